The summed E-state index contributed by atoms with van der Waals surface area (Å²) < 4.78 is 11.8. The molecule has 4 nitrogen and oxygen atoms in total. The zero-order valence-electron chi connectivity index (χ0n) is 10.8. The summed E-state index contributed by atoms with van der Waals surface area (Å²) >= 11 is 2.17. The number of rotatable bonds is 7. The quantitative estimate of drug-likeness (QED) is 0.450. The Labute approximate surface area is 126 Å². The second kappa shape index (κ2) is 6.67. The number of hydrogen-bond acceptors (Lipinski definition) is 4. The van der Waals surface area contributed by atoms with E-state index in [0.29, 0.717) is 12.2 Å². The topological polar surface area (TPSA) is 59.1 Å². The van der Waals surface area contributed by atoms with Crippen LogP contribution < -0.4 is 4.74 Å². The number of epoxide rings is 1. The van der Waals surface area contributed by atoms with Crippen molar-refractivity contribution in [3.63, 3.8) is 0 Å². The van der Waals surface area contributed by atoms with E-state index in [4.69, 9.17) is 14.6 Å². The third kappa shape index (κ3) is 3.90. The zero-order chi connectivity index (χ0) is 13.8. The average molecular weight is 376 g/mol. The van der Waals surface area contributed by atoms with Gasteiger partial charge >= 0.3 is 0 Å². The van der Waals surface area contributed by atoms with Crippen LogP contribution in [0.2, 0.25) is 0 Å². The van der Waals surface area contributed by atoms with E-state index in [1.54, 1.807) is 6.07 Å². The van der Waals surface area contributed by atoms with Crippen LogP contribution in [-0.2, 0) is 11.2 Å². The van der Waals surface area contributed by atoms with Crippen LogP contribution in [0.15, 0.2) is 12.1 Å². The minimum Gasteiger partial charge on any atom is -0.489 e. The van der Waals surface area contributed by atoms with Gasteiger partial charge in [-0.2, -0.15) is 0 Å². The zero-order valence-corrected chi connectivity index (χ0v) is 13.0. The summed E-state index contributed by atoms with van der Waals surface area (Å²) in [5, 5.41) is 8.95. The molecule has 0 saturated carbocycles. The first-order valence-electron chi connectivity index (χ1n) is 6.36. The number of halogens is 1. The van der Waals surface area contributed by atoms with E-state index in [9.17, 15) is 4.79 Å². The number of aliphatic hydroxyl groups is 1. The third-order valence-electron chi connectivity index (χ3n) is 2.92. The van der Waals surface area contributed by atoms with Crippen LogP contribution in [0.1, 0.15) is 29.3 Å². The molecule has 1 aliphatic rings. The fourth-order valence-corrected chi connectivity index (χ4v) is 2.70. The van der Waals surface area contributed by atoms with Crippen molar-refractivity contribution < 1.29 is 19.4 Å². The maximum atomic E-state index is 11.6. The van der Waals surface area contributed by atoms with Crippen LogP contribution >= 0.6 is 22.6 Å². The first-order valence-corrected chi connectivity index (χ1v) is 7.44. The fourth-order valence-electron chi connectivity index (χ4n) is 1.86. The Morgan fingerprint density at radius 3 is 2.89 bits per heavy atom. The lowest BCUT2D eigenvalue weighted by atomic mass is 10.0. The second-order valence-electron chi connectivity index (χ2n) is 4.54. The van der Waals surface area contributed by atoms with Crippen molar-refractivity contribution in [2.45, 2.75) is 25.9 Å². The summed E-state index contributed by atoms with van der Waals surface area (Å²) in [7, 11) is 0. The van der Waals surface area contributed by atoms with Gasteiger partial charge in [0, 0.05) is 5.56 Å². The van der Waals surface area contributed by atoms with Gasteiger partial charge in [-0.25, -0.2) is 0 Å². The Hall–Kier alpha value is -0.660. The molecule has 0 bridgehead atoms. The fraction of sp³-hybridized carbons (Fsp3) is 0.500. The SMILES string of the molecule is CCCc1cc(C(=O)CO)cc(I)c1OCC1CO1. The van der Waals surface area contributed by atoms with Crippen molar-refractivity contribution in [2.24, 2.45) is 0 Å². The number of aliphatic hydroxyl groups excluding tert-OH is 1. The van der Waals surface area contributed by atoms with Gasteiger partial charge in [0.1, 0.15) is 25.1 Å². The summed E-state index contributed by atoms with van der Waals surface area (Å²) in [5.41, 5.74) is 1.57. The largest absolute Gasteiger partial charge is 0.489 e. The van der Waals surface area contributed by atoms with Crippen LogP contribution in [0.25, 0.3) is 0 Å². The van der Waals surface area contributed by atoms with Crippen molar-refractivity contribution in [2.75, 3.05) is 19.8 Å². The second-order valence-corrected chi connectivity index (χ2v) is 5.71. The molecule has 1 aromatic rings. The first-order chi connectivity index (χ1) is 9.15. The summed E-state index contributed by atoms with van der Waals surface area (Å²) in [5.74, 6) is 0.583. The predicted octanol–water partition coefficient (Wildman–Crippen LogP) is 2.20. The molecule has 104 valence electrons. The van der Waals surface area contributed by atoms with Gasteiger partial charge in [-0.15, -0.1) is 0 Å². The standard InChI is InChI=1S/C14H17IO4/c1-2-3-9-4-10(13(17)6-16)5-12(15)14(9)19-8-11-7-18-11/h4-5,11,16H,2-3,6-8H2,1H3. The Morgan fingerprint density at radius 2 is 2.32 bits per heavy atom. The van der Waals surface area contributed by atoms with E-state index in [1.165, 1.54) is 0 Å². The van der Waals surface area contributed by atoms with E-state index < -0.39 is 6.61 Å². The highest BCUT2D eigenvalue weighted by molar-refractivity contribution is 14.1. The van der Waals surface area contributed by atoms with Crippen molar-refractivity contribution in [3.8, 4) is 5.75 Å². The van der Waals surface area contributed by atoms with Crippen molar-refractivity contribution >= 4 is 28.4 Å². The van der Waals surface area contributed by atoms with Gasteiger partial charge in [0.2, 0.25) is 0 Å². The lowest BCUT2D eigenvalue weighted by molar-refractivity contribution is 0.0903. The van der Waals surface area contributed by atoms with E-state index in [-0.39, 0.29) is 11.9 Å². The van der Waals surface area contributed by atoms with Gasteiger partial charge in [0.05, 0.1) is 10.2 Å². The van der Waals surface area contributed by atoms with Gasteiger partial charge in [0.15, 0.2) is 5.78 Å². The first kappa shape index (κ1) is 14.7. The van der Waals surface area contributed by atoms with E-state index in [1.807, 2.05) is 6.07 Å². The molecule has 1 unspecified atom stereocenters. The normalized spacial score (nSPS) is 17.3. The number of Topliss-reactive ketones (excluding diaryl/α,β-unsaturated/α-hetero) is 1. The van der Waals surface area contributed by atoms with Gasteiger partial charge in [-0.1, -0.05) is 13.3 Å². The van der Waals surface area contributed by atoms with Crippen LogP contribution in [0, 0.1) is 3.57 Å². The van der Waals surface area contributed by atoms with Gasteiger partial charge in [-0.05, 0) is 46.7 Å². The minimum absolute atomic E-state index is 0.212. The van der Waals surface area contributed by atoms with Crippen LogP contribution in [0.3, 0.4) is 0 Å². The van der Waals surface area contributed by atoms with E-state index in [0.717, 1.165) is 34.3 Å². The number of hydrogen-bond donors (Lipinski definition) is 1. The monoisotopic (exact) mass is 376 g/mol. The molecule has 0 amide bonds. The molecular weight excluding hydrogens is 359 g/mol. The summed E-state index contributed by atoms with van der Waals surface area (Å²) in [6, 6.07) is 3.59. The van der Waals surface area contributed by atoms with Crippen molar-refractivity contribution in [1.29, 1.82) is 0 Å². The molecule has 2 rings (SSSR count). The molecule has 0 radical (unpaired) electrons. The Balaban J connectivity index is 2.25. The molecule has 0 aliphatic carbocycles. The Morgan fingerprint density at radius 1 is 1.58 bits per heavy atom. The van der Waals surface area contributed by atoms with Gasteiger partial charge in [0.25, 0.3) is 0 Å². The highest BCUT2D eigenvalue weighted by atomic mass is 127. The maximum absolute atomic E-state index is 11.6. The van der Waals surface area contributed by atoms with Crippen LogP contribution in [0.4, 0.5) is 0 Å². The summed E-state index contributed by atoms with van der Waals surface area (Å²) in [4.78, 5) is 11.6. The molecule has 1 aromatic carbocycles. The summed E-state index contributed by atoms with van der Waals surface area (Å²) in [6.07, 6.45) is 2.04. The molecule has 1 atom stereocenters. The van der Waals surface area contributed by atoms with Crippen molar-refractivity contribution in [1.82, 2.24) is 0 Å². The maximum Gasteiger partial charge on any atom is 0.188 e. The van der Waals surface area contributed by atoms with E-state index in [2.05, 4.69) is 29.5 Å². The van der Waals surface area contributed by atoms with Crippen LogP contribution in [-0.4, -0.2) is 36.8 Å². The number of carbonyl (C=O) groups excluding carboxylic acids is 1. The average Bonchev–Trinajstić information content (AvgIpc) is 3.21. The number of ketones is 1. The number of aryl methyl sites for hydroxylation is 1. The molecule has 0 spiro atoms. The minimum atomic E-state index is -0.461. The molecule has 1 N–H and O–H groups in total. The molecule has 19 heavy (non-hydrogen) atoms. The van der Waals surface area contributed by atoms with Crippen LogP contribution in [0.5, 0.6) is 5.75 Å². The highest BCUT2D eigenvalue weighted by Crippen LogP contribution is 2.30. The molecule has 1 heterocycles. The Kier molecular flexibility index (Phi) is 5.18. The number of benzene rings is 1. The lowest BCUT2D eigenvalue weighted by Gasteiger charge is -2.14. The molecular formula is C14H17IO4. The van der Waals surface area contributed by atoms with Gasteiger partial charge in [-0.3, -0.25) is 4.79 Å². The highest BCUT2D eigenvalue weighted by Gasteiger charge is 2.24. The molecule has 1 fully saturated rings. The molecule has 0 aromatic heterocycles. The lowest BCUT2D eigenvalue weighted by Crippen LogP contribution is -2.10. The van der Waals surface area contributed by atoms with Gasteiger partial charge < -0.3 is 14.6 Å². The van der Waals surface area contributed by atoms with E-state index >= 15 is 0 Å². The third-order valence-corrected chi connectivity index (χ3v) is 3.72. The number of ether oxygens (including phenoxy) is 2. The predicted molar refractivity (Wildman–Crippen MR) is 79.8 cm³/mol. The Bertz CT molecular complexity index is 469. The van der Waals surface area contributed by atoms with Crippen molar-refractivity contribution in [3.05, 3.63) is 26.8 Å². The molecule has 1 saturated heterocycles. The number of carbonyl (C=O) groups is 1. The smallest absolute Gasteiger partial charge is 0.188 e. The molecule has 5 heteroatoms. The summed E-state index contributed by atoms with van der Waals surface area (Å²) in [6.45, 7) is 2.94. The molecule has 1 aliphatic heterocycles.